The first-order valence-electron chi connectivity index (χ1n) is 6.84. The SMILES string of the molecule is Cc1cnc(C(C)Nc2cc(=O)n(C)c3ccccc23)o1. The first-order valence-corrected chi connectivity index (χ1v) is 6.84. The first kappa shape index (κ1) is 13.4. The van der Waals surface area contributed by atoms with Gasteiger partial charge in [-0.3, -0.25) is 4.79 Å². The summed E-state index contributed by atoms with van der Waals surface area (Å²) in [5.74, 6) is 1.38. The van der Waals surface area contributed by atoms with Crippen molar-refractivity contribution in [2.45, 2.75) is 19.9 Å². The average molecular weight is 283 g/mol. The van der Waals surface area contributed by atoms with E-state index in [2.05, 4.69) is 10.3 Å². The summed E-state index contributed by atoms with van der Waals surface area (Å²) >= 11 is 0. The van der Waals surface area contributed by atoms with E-state index in [4.69, 9.17) is 4.42 Å². The van der Waals surface area contributed by atoms with Gasteiger partial charge in [-0.25, -0.2) is 4.98 Å². The molecule has 3 aromatic rings. The molecule has 5 heteroatoms. The molecule has 0 aliphatic heterocycles. The predicted octanol–water partition coefficient (Wildman–Crippen LogP) is 3.01. The van der Waals surface area contributed by atoms with Crippen LogP contribution in [0.2, 0.25) is 0 Å². The molecule has 0 amide bonds. The van der Waals surface area contributed by atoms with E-state index >= 15 is 0 Å². The first-order chi connectivity index (χ1) is 10.1. The standard InChI is InChI=1S/C16H17N3O2/c1-10-9-17-16(21-10)11(2)18-13-8-15(20)19(3)14-7-5-4-6-12(13)14/h4-9,11,18H,1-3H3. The molecular weight excluding hydrogens is 266 g/mol. The van der Waals surface area contributed by atoms with Crippen LogP contribution in [0.25, 0.3) is 10.9 Å². The fourth-order valence-electron chi connectivity index (χ4n) is 2.40. The van der Waals surface area contributed by atoms with Crippen LogP contribution in [-0.2, 0) is 7.05 Å². The van der Waals surface area contributed by atoms with Crippen molar-refractivity contribution in [3.8, 4) is 0 Å². The molecule has 0 saturated carbocycles. The molecule has 0 spiro atoms. The number of oxazole rings is 1. The van der Waals surface area contributed by atoms with Crippen LogP contribution in [0.3, 0.4) is 0 Å². The highest BCUT2D eigenvalue weighted by molar-refractivity contribution is 5.91. The lowest BCUT2D eigenvalue weighted by Crippen LogP contribution is -2.18. The van der Waals surface area contributed by atoms with Gasteiger partial charge in [-0.2, -0.15) is 0 Å². The minimum atomic E-state index is -0.116. The Labute approximate surface area is 122 Å². The fraction of sp³-hybridized carbons (Fsp3) is 0.250. The van der Waals surface area contributed by atoms with Gasteiger partial charge in [0, 0.05) is 24.2 Å². The van der Waals surface area contributed by atoms with Gasteiger partial charge in [0.15, 0.2) is 0 Å². The fourth-order valence-corrected chi connectivity index (χ4v) is 2.40. The van der Waals surface area contributed by atoms with Crippen LogP contribution >= 0.6 is 0 Å². The van der Waals surface area contributed by atoms with Crippen molar-refractivity contribution in [1.82, 2.24) is 9.55 Å². The Morgan fingerprint density at radius 2 is 2.10 bits per heavy atom. The number of nitrogens with one attached hydrogen (secondary N) is 1. The van der Waals surface area contributed by atoms with Crippen molar-refractivity contribution in [2.24, 2.45) is 7.05 Å². The van der Waals surface area contributed by atoms with Crippen LogP contribution in [-0.4, -0.2) is 9.55 Å². The van der Waals surface area contributed by atoms with Crippen molar-refractivity contribution in [3.63, 3.8) is 0 Å². The predicted molar refractivity (Wildman–Crippen MR) is 82.5 cm³/mol. The number of hydrogen-bond acceptors (Lipinski definition) is 4. The van der Waals surface area contributed by atoms with E-state index in [1.165, 1.54) is 0 Å². The van der Waals surface area contributed by atoms with E-state index in [1.54, 1.807) is 23.9 Å². The maximum atomic E-state index is 12.1. The normalized spacial score (nSPS) is 12.5. The zero-order valence-electron chi connectivity index (χ0n) is 12.3. The van der Waals surface area contributed by atoms with Gasteiger partial charge in [0.05, 0.1) is 11.7 Å². The molecule has 0 aliphatic rings. The number of aromatic nitrogens is 2. The number of anilines is 1. The smallest absolute Gasteiger partial charge is 0.252 e. The molecule has 0 saturated heterocycles. The number of aryl methyl sites for hydroxylation is 2. The molecule has 0 aliphatic carbocycles. The number of rotatable bonds is 3. The molecule has 5 nitrogen and oxygen atoms in total. The lowest BCUT2D eigenvalue weighted by molar-refractivity contribution is 0.454. The monoisotopic (exact) mass is 283 g/mol. The summed E-state index contributed by atoms with van der Waals surface area (Å²) in [4.78, 5) is 16.3. The second-order valence-electron chi connectivity index (χ2n) is 5.15. The molecule has 1 N–H and O–H groups in total. The molecule has 1 atom stereocenters. The number of hydrogen-bond donors (Lipinski definition) is 1. The number of nitrogens with zero attached hydrogens (tertiary/aromatic N) is 2. The van der Waals surface area contributed by atoms with Crippen molar-refractivity contribution < 1.29 is 4.42 Å². The van der Waals surface area contributed by atoms with Crippen LogP contribution in [0.1, 0.15) is 24.6 Å². The third-order valence-electron chi connectivity index (χ3n) is 3.54. The highest BCUT2D eigenvalue weighted by Gasteiger charge is 2.14. The summed E-state index contributed by atoms with van der Waals surface area (Å²) in [6.45, 7) is 3.81. The molecule has 1 aromatic carbocycles. The number of pyridine rings is 1. The summed E-state index contributed by atoms with van der Waals surface area (Å²) in [6.07, 6.45) is 1.69. The third-order valence-corrected chi connectivity index (χ3v) is 3.54. The van der Waals surface area contributed by atoms with Crippen LogP contribution < -0.4 is 10.9 Å². The zero-order chi connectivity index (χ0) is 15.0. The van der Waals surface area contributed by atoms with Gasteiger partial charge in [0.1, 0.15) is 11.8 Å². The van der Waals surface area contributed by atoms with Gasteiger partial charge in [-0.05, 0) is 19.9 Å². The van der Waals surface area contributed by atoms with Gasteiger partial charge in [0.2, 0.25) is 5.89 Å². The van der Waals surface area contributed by atoms with Crippen LogP contribution in [0.15, 0.2) is 45.7 Å². The van der Waals surface area contributed by atoms with E-state index in [9.17, 15) is 4.79 Å². The molecule has 0 fully saturated rings. The van der Waals surface area contributed by atoms with Crippen molar-refractivity contribution in [2.75, 3.05) is 5.32 Å². The molecule has 108 valence electrons. The summed E-state index contributed by atoms with van der Waals surface area (Å²) in [7, 11) is 1.77. The minimum absolute atomic E-state index is 0.0491. The summed E-state index contributed by atoms with van der Waals surface area (Å²) in [5.41, 5.74) is 1.63. The van der Waals surface area contributed by atoms with E-state index in [0.29, 0.717) is 5.89 Å². The molecule has 2 aromatic heterocycles. The Balaban J connectivity index is 2.05. The van der Waals surface area contributed by atoms with Crippen molar-refractivity contribution >= 4 is 16.6 Å². The van der Waals surface area contributed by atoms with Gasteiger partial charge in [0.25, 0.3) is 5.56 Å². The van der Waals surface area contributed by atoms with Crippen LogP contribution in [0.4, 0.5) is 5.69 Å². The number of fused-ring (bicyclic) bond motifs is 1. The largest absolute Gasteiger partial charge is 0.444 e. The lowest BCUT2D eigenvalue weighted by atomic mass is 10.1. The highest BCUT2D eigenvalue weighted by Crippen LogP contribution is 2.25. The highest BCUT2D eigenvalue weighted by atomic mass is 16.4. The van der Waals surface area contributed by atoms with Gasteiger partial charge in [-0.1, -0.05) is 18.2 Å². The van der Waals surface area contributed by atoms with Crippen molar-refractivity contribution in [1.29, 1.82) is 0 Å². The zero-order valence-corrected chi connectivity index (χ0v) is 12.3. The minimum Gasteiger partial charge on any atom is -0.444 e. The topological polar surface area (TPSA) is 60.1 Å². The molecule has 0 bridgehead atoms. The maximum Gasteiger partial charge on any atom is 0.252 e. The number of benzene rings is 1. The lowest BCUT2D eigenvalue weighted by Gasteiger charge is -2.15. The summed E-state index contributed by atoms with van der Waals surface area (Å²) < 4.78 is 7.17. The van der Waals surface area contributed by atoms with E-state index < -0.39 is 0 Å². The van der Waals surface area contributed by atoms with Gasteiger partial charge >= 0.3 is 0 Å². The van der Waals surface area contributed by atoms with Gasteiger partial charge in [-0.15, -0.1) is 0 Å². The van der Waals surface area contributed by atoms with Crippen LogP contribution in [0.5, 0.6) is 0 Å². The maximum absolute atomic E-state index is 12.1. The Hall–Kier alpha value is -2.56. The average Bonchev–Trinajstić information content (AvgIpc) is 2.91. The molecule has 0 radical (unpaired) electrons. The second kappa shape index (κ2) is 5.09. The Kier molecular flexibility index (Phi) is 3.25. The van der Waals surface area contributed by atoms with E-state index in [-0.39, 0.29) is 11.6 Å². The van der Waals surface area contributed by atoms with Gasteiger partial charge < -0.3 is 14.3 Å². The Morgan fingerprint density at radius 1 is 1.33 bits per heavy atom. The summed E-state index contributed by atoms with van der Waals surface area (Å²) in [6, 6.07) is 9.29. The third kappa shape index (κ3) is 2.42. The quantitative estimate of drug-likeness (QED) is 0.802. The molecule has 21 heavy (non-hydrogen) atoms. The van der Waals surface area contributed by atoms with E-state index in [1.807, 2.05) is 38.1 Å². The second-order valence-corrected chi connectivity index (χ2v) is 5.15. The van der Waals surface area contributed by atoms with Crippen LogP contribution in [0, 0.1) is 6.92 Å². The molecule has 1 unspecified atom stereocenters. The molecular formula is C16H17N3O2. The van der Waals surface area contributed by atoms with Crippen molar-refractivity contribution in [3.05, 3.63) is 58.5 Å². The summed E-state index contributed by atoms with van der Waals surface area (Å²) in [5, 5.41) is 4.31. The Morgan fingerprint density at radius 3 is 2.81 bits per heavy atom. The molecule has 2 heterocycles. The number of para-hydroxylation sites is 1. The van der Waals surface area contributed by atoms with E-state index in [0.717, 1.165) is 22.4 Å². The molecule has 3 rings (SSSR count). The Bertz CT molecular complexity index is 848.